The number of rotatable bonds is 10. The number of amides is 3. The minimum absolute atomic E-state index is 0.0823. The Morgan fingerprint density at radius 3 is 2.65 bits per heavy atom. The van der Waals surface area contributed by atoms with Crippen molar-refractivity contribution >= 4 is 52.0 Å². The van der Waals surface area contributed by atoms with Crippen LogP contribution in [0.1, 0.15) is 41.8 Å². The van der Waals surface area contributed by atoms with E-state index in [0.717, 1.165) is 38.6 Å². The van der Waals surface area contributed by atoms with Gasteiger partial charge in [0.05, 0.1) is 21.5 Å². The number of halogens is 2. The largest absolute Gasteiger partial charge is 0.370 e. The molecule has 0 spiro atoms. The van der Waals surface area contributed by atoms with E-state index in [9.17, 15) is 18.8 Å². The quantitative estimate of drug-likeness (QED) is 0.470. The Labute approximate surface area is 224 Å². The molecule has 1 saturated heterocycles. The Bertz CT molecular complexity index is 1170. The molecule has 3 amide bonds. The summed E-state index contributed by atoms with van der Waals surface area (Å²) in [6.45, 7) is 1.46. The highest BCUT2D eigenvalue weighted by Gasteiger charge is 2.38. The lowest BCUT2D eigenvalue weighted by Crippen LogP contribution is -2.56. The summed E-state index contributed by atoms with van der Waals surface area (Å²) in [7, 11) is 0. The van der Waals surface area contributed by atoms with Crippen LogP contribution < -0.4 is 15.5 Å². The number of nitrogens with one attached hydrogen (secondary N) is 2. The van der Waals surface area contributed by atoms with Crippen LogP contribution in [0.15, 0.2) is 30.3 Å². The fourth-order valence-corrected chi connectivity index (χ4v) is 5.68. The van der Waals surface area contributed by atoms with Crippen molar-refractivity contribution in [1.29, 1.82) is 0 Å². The van der Waals surface area contributed by atoms with Crippen LogP contribution >= 0.6 is 22.9 Å². The van der Waals surface area contributed by atoms with E-state index in [1.165, 1.54) is 28.4 Å². The Morgan fingerprint density at radius 2 is 2.03 bits per heavy atom. The summed E-state index contributed by atoms with van der Waals surface area (Å²) < 4.78 is 20.6. The van der Waals surface area contributed by atoms with E-state index in [1.54, 1.807) is 18.2 Å². The van der Waals surface area contributed by atoms with Gasteiger partial charge in [-0.25, -0.2) is 4.39 Å². The van der Waals surface area contributed by atoms with Crippen molar-refractivity contribution in [3.63, 3.8) is 0 Å². The monoisotopic (exact) mass is 548 g/mol. The average Bonchev–Trinajstić information content (AvgIpc) is 3.55. The molecule has 2 N–H and O–H groups in total. The number of hydrogen-bond donors (Lipinski definition) is 2. The van der Waals surface area contributed by atoms with E-state index in [4.69, 9.17) is 16.3 Å². The fourth-order valence-electron chi connectivity index (χ4n) is 4.72. The SMILES string of the molecule is O=C(NC[C@@H](C(=O)Nc1ccc(N2CCOCC2=O)c(F)c1)N(CC1CC1)C1CCC1)c1ccc(Cl)s1. The third kappa shape index (κ3) is 6.31. The van der Waals surface area contributed by atoms with Gasteiger partial charge in [-0.05, 0) is 61.9 Å². The van der Waals surface area contributed by atoms with Crippen LogP contribution in [0.3, 0.4) is 0 Å². The number of ether oxygens (including phenoxy) is 1. The Morgan fingerprint density at radius 1 is 1.22 bits per heavy atom. The van der Waals surface area contributed by atoms with Gasteiger partial charge in [0.15, 0.2) is 0 Å². The van der Waals surface area contributed by atoms with E-state index in [-0.39, 0.29) is 49.1 Å². The van der Waals surface area contributed by atoms with E-state index >= 15 is 0 Å². The summed E-state index contributed by atoms with van der Waals surface area (Å²) in [6.07, 6.45) is 5.44. The number of benzene rings is 1. The molecule has 2 saturated carbocycles. The zero-order valence-corrected chi connectivity index (χ0v) is 22.0. The first-order valence-corrected chi connectivity index (χ1v) is 13.9. The van der Waals surface area contributed by atoms with Crippen molar-refractivity contribution in [1.82, 2.24) is 10.2 Å². The predicted octanol–water partition coefficient (Wildman–Crippen LogP) is 3.91. The van der Waals surface area contributed by atoms with Crippen LogP contribution in [0.4, 0.5) is 15.8 Å². The van der Waals surface area contributed by atoms with Crippen molar-refractivity contribution in [2.75, 3.05) is 43.1 Å². The summed E-state index contributed by atoms with van der Waals surface area (Å²) in [5.41, 5.74) is 0.461. The van der Waals surface area contributed by atoms with Crippen molar-refractivity contribution in [2.24, 2.45) is 5.92 Å². The Hall–Kier alpha value is -2.53. The molecule has 1 atom stereocenters. The summed E-state index contributed by atoms with van der Waals surface area (Å²) in [4.78, 5) is 42.5. The number of carbonyl (C=O) groups excluding carboxylic acids is 3. The van der Waals surface area contributed by atoms with Gasteiger partial charge in [0.2, 0.25) is 5.91 Å². The van der Waals surface area contributed by atoms with Gasteiger partial charge in [0.25, 0.3) is 11.8 Å². The van der Waals surface area contributed by atoms with Crippen LogP contribution in [0.5, 0.6) is 0 Å². The molecule has 0 unspecified atom stereocenters. The van der Waals surface area contributed by atoms with Gasteiger partial charge < -0.3 is 20.3 Å². The molecule has 2 aromatic rings. The lowest BCUT2D eigenvalue weighted by Gasteiger charge is -2.42. The standard InChI is InChI=1S/C26H30ClFN4O4S/c27-23-9-8-22(37-23)26(35)29-13-21(32(14-16-4-5-16)18-2-1-3-18)25(34)30-17-6-7-20(19(28)12-17)31-10-11-36-15-24(31)33/h6-9,12,16,18,21H,1-5,10-11,13-15H2,(H,29,35)(H,30,34)/t21-/m0/s1. The summed E-state index contributed by atoms with van der Waals surface area (Å²) in [6, 6.07) is 7.34. The Balaban J connectivity index is 1.31. The summed E-state index contributed by atoms with van der Waals surface area (Å²) in [5, 5.41) is 5.76. The number of hydrogen-bond acceptors (Lipinski definition) is 6. The lowest BCUT2D eigenvalue weighted by molar-refractivity contribution is -0.126. The zero-order valence-electron chi connectivity index (χ0n) is 20.4. The van der Waals surface area contributed by atoms with E-state index in [0.29, 0.717) is 27.4 Å². The number of thiophene rings is 1. The minimum atomic E-state index is -0.603. The molecular formula is C26H30ClFN4O4S. The van der Waals surface area contributed by atoms with E-state index in [2.05, 4.69) is 15.5 Å². The van der Waals surface area contributed by atoms with E-state index in [1.807, 2.05) is 0 Å². The van der Waals surface area contributed by atoms with Gasteiger partial charge in [0.1, 0.15) is 18.5 Å². The normalized spacial score (nSPS) is 19.0. The molecular weight excluding hydrogens is 519 g/mol. The number of morpholine rings is 1. The van der Waals surface area contributed by atoms with Crippen molar-refractivity contribution in [2.45, 2.75) is 44.2 Å². The smallest absolute Gasteiger partial charge is 0.261 e. The highest BCUT2D eigenvalue weighted by Crippen LogP contribution is 2.35. The van der Waals surface area contributed by atoms with Gasteiger partial charge >= 0.3 is 0 Å². The van der Waals surface area contributed by atoms with Gasteiger partial charge in [-0.2, -0.15) is 0 Å². The first kappa shape index (κ1) is 26.1. The highest BCUT2D eigenvalue weighted by molar-refractivity contribution is 7.18. The fraction of sp³-hybridized carbons (Fsp3) is 0.500. The molecule has 37 heavy (non-hydrogen) atoms. The van der Waals surface area contributed by atoms with E-state index < -0.39 is 11.9 Å². The summed E-state index contributed by atoms with van der Waals surface area (Å²) in [5.74, 6) is -0.917. The molecule has 0 radical (unpaired) electrons. The molecule has 5 rings (SSSR count). The molecule has 1 aromatic heterocycles. The number of anilines is 2. The third-order valence-corrected chi connectivity index (χ3v) is 8.39. The lowest BCUT2D eigenvalue weighted by atomic mass is 9.89. The molecule has 11 heteroatoms. The maximum absolute atomic E-state index is 15.0. The molecule has 1 aromatic carbocycles. The number of carbonyl (C=O) groups is 3. The number of nitrogens with zero attached hydrogens (tertiary/aromatic N) is 2. The summed E-state index contributed by atoms with van der Waals surface area (Å²) >= 11 is 7.17. The van der Waals surface area contributed by atoms with Gasteiger partial charge in [0, 0.05) is 31.4 Å². The molecule has 2 aliphatic carbocycles. The second kappa shape index (κ2) is 11.5. The zero-order chi connectivity index (χ0) is 25.9. The highest BCUT2D eigenvalue weighted by atomic mass is 35.5. The molecule has 2 heterocycles. The van der Waals surface area contributed by atoms with Crippen LogP contribution in [-0.4, -0.2) is 67.6 Å². The van der Waals surface area contributed by atoms with Crippen molar-refractivity contribution in [3.05, 3.63) is 45.4 Å². The van der Waals surface area contributed by atoms with Crippen LogP contribution in [0.25, 0.3) is 0 Å². The molecule has 1 aliphatic heterocycles. The first-order valence-electron chi connectivity index (χ1n) is 12.7. The third-order valence-electron chi connectivity index (χ3n) is 7.16. The first-order chi connectivity index (χ1) is 17.9. The molecule has 3 fully saturated rings. The van der Waals surface area contributed by atoms with Gasteiger partial charge in [-0.15, -0.1) is 11.3 Å². The van der Waals surface area contributed by atoms with Crippen LogP contribution in [0.2, 0.25) is 4.34 Å². The second-order valence-corrected chi connectivity index (χ2v) is 11.5. The topological polar surface area (TPSA) is 91.0 Å². The molecule has 198 valence electrons. The second-order valence-electron chi connectivity index (χ2n) is 9.81. The predicted molar refractivity (Wildman–Crippen MR) is 141 cm³/mol. The van der Waals surface area contributed by atoms with Crippen molar-refractivity contribution in [3.8, 4) is 0 Å². The van der Waals surface area contributed by atoms with Crippen LogP contribution in [0, 0.1) is 11.7 Å². The van der Waals surface area contributed by atoms with Gasteiger partial charge in [-0.3, -0.25) is 19.3 Å². The average molecular weight is 549 g/mol. The molecule has 8 nitrogen and oxygen atoms in total. The Kier molecular flexibility index (Phi) is 8.09. The molecule has 0 bridgehead atoms. The maximum Gasteiger partial charge on any atom is 0.261 e. The minimum Gasteiger partial charge on any atom is -0.370 e. The van der Waals surface area contributed by atoms with Crippen molar-refractivity contribution < 1.29 is 23.5 Å². The van der Waals surface area contributed by atoms with Gasteiger partial charge in [-0.1, -0.05) is 18.0 Å². The molecule has 3 aliphatic rings. The maximum atomic E-state index is 15.0. The van der Waals surface area contributed by atoms with Crippen LogP contribution in [-0.2, 0) is 14.3 Å².